The molecule has 1 atom stereocenters. The summed E-state index contributed by atoms with van der Waals surface area (Å²) in [5.74, 6) is -1.86. The quantitative estimate of drug-likeness (QED) is 0.744. The molecule has 0 radical (unpaired) electrons. The molecule has 3 fully saturated rings. The van der Waals surface area contributed by atoms with E-state index in [1.807, 2.05) is 11.1 Å². The van der Waals surface area contributed by atoms with Crippen LogP contribution in [0.25, 0.3) is 0 Å². The summed E-state index contributed by atoms with van der Waals surface area (Å²) in [5.41, 5.74) is 0. The highest BCUT2D eigenvalue weighted by Gasteiger charge is 2.39. The lowest BCUT2D eigenvalue weighted by molar-refractivity contribution is -0.192. The second kappa shape index (κ2) is 9.40. The Bertz CT molecular complexity index is 721. The molecule has 3 heterocycles. The Hall–Kier alpha value is -1.72. The molecule has 2 saturated heterocycles. The molecule has 1 unspecified atom stereocenters. The lowest BCUT2D eigenvalue weighted by Gasteiger charge is -2.42. The second-order valence-electron chi connectivity index (χ2n) is 7.43. The normalized spacial score (nSPS) is 23.9. The number of hydrogen-bond acceptors (Lipinski definition) is 6. The number of aromatic nitrogens is 1. The maximum absolute atomic E-state index is 12.8. The van der Waals surface area contributed by atoms with Crippen LogP contribution in [-0.4, -0.2) is 71.8 Å². The first-order chi connectivity index (χ1) is 13.8. The number of carbonyl (C=O) groups is 2. The number of hydrogen-bond donors (Lipinski definition) is 2. The molecule has 1 aromatic heterocycles. The number of carbonyl (C=O) groups excluding carboxylic acids is 1. The Balaban J connectivity index is 0.000000298. The van der Waals surface area contributed by atoms with E-state index in [2.05, 4.69) is 15.2 Å². The number of piperazine rings is 2. The molecule has 1 amide bonds. The fraction of sp³-hybridized carbons (Fsp3) is 0.722. The van der Waals surface area contributed by atoms with Crippen molar-refractivity contribution in [3.05, 3.63) is 11.1 Å². The Morgan fingerprint density at radius 2 is 1.90 bits per heavy atom. The van der Waals surface area contributed by atoms with Gasteiger partial charge >= 0.3 is 12.1 Å². The molecule has 0 bridgehead atoms. The molecule has 7 nitrogen and oxygen atoms in total. The SMILES string of the molecule is O=C(O)C(F)(F)F.O=C1C2CNCCN2CCN1c1ncc(C2CCCCC2)s1. The van der Waals surface area contributed by atoms with Gasteiger partial charge in [0.25, 0.3) is 0 Å². The van der Waals surface area contributed by atoms with Gasteiger partial charge in [0.15, 0.2) is 5.13 Å². The monoisotopic (exact) mass is 434 g/mol. The number of carboxylic acid groups (broad SMARTS) is 1. The van der Waals surface area contributed by atoms with Crippen molar-refractivity contribution in [1.82, 2.24) is 15.2 Å². The maximum Gasteiger partial charge on any atom is 0.490 e. The third-order valence-electron chi connectivity index (χ3n) is 5.51. The summed E-state index contributed by atoms with van der Waals surface area (Å²) in [6, 6.07) is 0.00419. The summed E-state index contributed by atoms with van der Waals surface area (Å²) in [4.78, 5) is 31.9. The Morgan fingerprint density at radius 1 is 1.21 bits per heavy atom. The van der Waals surface area contributed by atoms with Crippen LogP contribution < -0.4 is 10.2 Å². The zero-order valence-corrected chi connectivity index (χ0v) is 16.8. The van der Waals surface area contributed by atoms with Gasteiger partial charge in [-0.05, 0) is 18.8 Å². The summed E-state index contributed by atoms with van der Waals surface area (Å²) in [7, 11) is 0. The molecule has 162 valence electrons. The number of rotatable bonds is 2. The van der Waals surface area contributed by atoms with Gasteiger partial charge in [0.1, 0.15) is 6.04 Å². The average Bonchev–Trinajstić information content (AvgIpc) is 3.19. The first-order valence-corrected chi connectivity index (χ1v) is 10.6. The van der Waals surface area contributed by atoms with Crippen LogP contribution in [0.1, 0.15) is 42.9 Å². The molecular weight excluding hydrogens is 409 g/mol. The molecule has 11 heteroatoms. The molecule has 0 spiro atoms. The molecule has 1 aromatic rings. The number of halogens is 3. The highest BCUT2D eigenvalue weighted by molar-refractivity contribution is 7.15. The van der Waals surface area contributed by atoms with E-state index in [4.69, 9.17) is 9.90 Å². The molecule has 3 aliphatic rings. The summed E-state index contributed by atoms with van der Waals surface area (Å²) in [6.07, 6.45) is 3.56. The van der Waals surface area contributed by atoms with Crippen LogP contribution in [0.3, 0.4) is 0 Å². The fourth-order valence-electron chi connectivity index (χ4n) is 3.94. The number of nitrogens with zero attached hydrogens (tertiary/aromatic N) is 3. The summed E-state index contributed by atoms with van der Waals surface area (Å²) in [5, 5.41) is 11.4. The van der Waals surface area contributed by atoms with Crippen LogP contribution in [0.5, 0.6) is 0 Å². The van der Waals surface area contributed by atoms with Crippen LogP contribution >= 0.6 is 11.3 Å². The fourth-order valence-corrected chi connectivity index (χ4v) is 5.06. The molecule has 29 heavy (non-hydrogen) atoms. The molecule has 1 saturated carbocycles. The van der Waals surface area contributed by atoms with E-state index in [0.29, 0.717) is 5.92 Å². The van der Waals surface area contributed by atoms with Gasteiger partial charge < -0.3 is 10.4 Å². The minimum absolute atomic E-state index is 0.00419. The van der Waals surface area contributed by atoms with Gasteiger partial charge in [-0.15, -0.1) is 11.3 Å². The number of amides is 1. The van der Waals surface area contributed by atoms with E-state index in [1.54, 1.807) is 11.3 Å². The van der Waals surface area contributed by atoms with Gasteiger partial charge in [-0.3, -0.25) is 14.6 Å². The van der Waals surface area contributed by atoms with Crippen molar-refractivity contribution in [3.8, 4) is 0 Å². The Morgan fingerprint density at radius 3 is 2.55 bits per heavy atom. The third kappa shape index (κ3) is 5.46. The summed E-state index contributed by atoms with van der Waals surface area (Å²) in [6.45, 7) is 4.50. The molecule has 2 N–H and O–H groups in total. The lowest BCUT2D eigenvalue weighted by atomic mass is 9.89. The number of alkyl halides is 3. The second-order valence-corrected chi connectivity index (χ2v) is 8.47. The van der Waals surface area contributed by atoms with Crippen molar-refractivity contribution >= 4 is 28.3 Å². The van der Waals surface area contributed by atoms with E-state index < -0.39 is 12.1 Å². The number of thiazole rings is 1. The number of fused-ring (bicyclic) bond motifs is 1. The van der Waals surface area contributed by atoms with Crippen LogP contribution in [-0.2, 0) is 9.59 Å². The molecule has 2 aliphatic heterocycles. The first-order valence-electron chi connectivity index (χ1n) is 9.79. The number of nitrogens with one attached hydrogen (secondary N) is 1. The van der Waals surface area contributed by atoms with Gasteiger partial charge in [-0.1, -0.05) is 19.3 Å². The van der Waals surface area contributed by atoms with E-state index in [1.165, 1.54) is 37.0 Å². The van der Waals surface area contributed by atoms with Gasteiger partial charge in [-0.25, -0.2) is 9.78 Å². The van der Waals surface area contributed by atoms with E-state index in [0.717, 1.165) is 37.9 Å². The third-order valence-corrected chi connectivity index (χ3v) is 6.69. The number of carboxylic acids is 1. The average molecular weight is 434 g/mol. The predicted molar refractivity (Wildman–Crippen MR) is 102 cm³/mol. The van der Waals surface area contributed by atoms with Crippen molar-refractivity contribution in [2.24, 2.45) is 0 Å². The largest absolute Gasteiger partial charge is 0.490 e. The van der Waals surface area contributed by atoms with Crippen LogP contribution in [0.2, 0.25) is 0 Å². The predicted octanol–water partition coefficient (Wildman–Crippen LogP) is 2.44. The molecule has 4 rings (SSSR count). The highest BCUT2D eigenvalue weighted by atomic mass is 32.1. The van der Waals surface area contributed by atoms with Crippen molar-refractivity contribution in [2.75, 3.05) is 37.6 Å². The van der Waals surface area contributed by atoms with Crippen molar-refractivity contribution in [1.29, 1.82) is 0 Å². The molecular formula is C18H25F3N4O3S. The Labute approximate surface area is 170 Å². The van der Waals surface area contributed by atoms with Gasteiger partial charge in [-0.2, -0.15) is 13.2 Å². The van der Waals surface area contributed by atoms with E-state index in [-0.39, 0.29) is 11.9 Å². The van der Waals surface area contributed by atoms with Gasteiger partial charge in [0, 0.05) is 43.8 Å². The van der Waals surface area contributed by atoms with Crippen molar-refractivity contribution in [2.45, 2.75) is 50.2 Å². The molecule has 1 aliphatic carbocycles. The van der Waals surface area contributed by atoms with Crippen molar-refractivity contribution in [3.63, 3.8) is 0 Å². The van der Waals surface area contributed by atoms with E-state index >= 15 is 0 Å². The summed E-state index contributed by atoms with van der Waals surface area (Å²) >= 11 is 1.74. The zero-order chi connectivity index (χ0) is 21.0. The first kappa shape index (κ1) is 22.0. The minimum atomic E-state index is -5.08. The van der Waals surface area contributed by atoms with E-state index in [9.17, 15) is 18.0 Å². The maximum atomic E-state index is 12.8. The molecule has 0 aromatic carbocycles. The smallest absolute Gasteiger partial charge is 0.475 e. The van der Waals surface area contributed by atoms with Crippen LogP contribution in [0.15, 0.2) is 6.20 Å². The lowest BCUT2D eigenvalue weighted by Crippen LogP contribution is -2.64. The van der Waals surface area contributed by atoms with Crippen LogP contribution in [0, 0.1) is 0 Å². The highest BCUT2D eigenvalue weighted by Crippen LogP contribution is 2.38. The number of aliphatic carboxylic acids is 1. The minimum Gasteiger partial charge on any atom is -0.475 e. The standard InChI is InChI=1S/C16H24N4OS.C2HF3O2/c21-15-13-10-17-6-7-19(13)8-9-20(15)16-18-11-14(22-16)12-4-2-1-3-5-12;3-2(4,5)1(6)7/h11-13,17H,1-10H2;(H,6,7). The van der Waals surface area contributed by atoms with Gasteiger partial charge in [0.05, 0.1) is 0 Å². The zero-order valence-electron chi connectivity index (χ0n) is 16.0. The van der Waals surface area contributed by atoms with Crippen molar-refractivity contribution < 1.29 is 27.9 Å². The Kier molecular flexibility index (Phi) is 7.12. The van der Waals surface area contributed by atoms with Gasteiger partial charge in [0.2, 0.25) is 5.91 Å². The summed E-state index contributed by atoms with van der Waals surface area (Å²) < 4.78 is 31.7. The van der Waals surface area contributed by atoms with Crippen LogP contribution in [0.4, 0.5) is 18.3 Å². The topological polar surface area (TPSA) is 85.8 Å². The number of anilines is 1.